The van der Waals surface area contributed by atoms with Gasteiger partial charge in [0.15, 0.2) is 12.2 Å². The van der Waals surface area contributed by atoms with E-state index in [1.165, 1.54) is 89.9 Å². The van der Waals surface area contributed by atoms with Gasteiger partial charge < -0.3 is 33.8 Å². The Morgan fingerprint density at radius 1 is 0.274 bits per heavy atom. The quantitative estimate of drug-likeness (QED) is 0.0169. The third-order valence-electron chi connectivity index (χ3n) is 16.5. The van der Waals surface area contributed by atoms with Gasteiger partial charge in [-0.1, -0.05) is 314 Å². The number of esters is 4. The van der Waals surface area contributed by atoms with E-state index >= 15 is 0 Å². The highest BCUT2D eigenvalue weighted by Crippen LogP contribution is 2.45. The molecule has 0 aliphatic rings. The largest absolute Gasteiger partial charge is 0.472 e. The van der Waals surface area contributed by atoms with Crippen LogP contribution < -0.4 is 0 Å². The van der Waals surface area contributed by atoms with Crippen LogP contribution in [0.2, 0.25) is 0 Å². The van der Waals surface area contributed by atoms with Crippen molar-refractivity contribution < 1.29 is 80.2 Å². The molecule has 3 N–H and O–H groups in total. The van der Waals surface area contributed by atoms with Crippen LogP contribution in [0.15, 0.2) is 158 Å². The van der Waals surface area contributed by atoms with Crippen molar-refractivity contribution >= 4 is 39.5 Å². The van der Waals surface area contributed by atoms with Crippen molar-refractivity contribution in [3.63, 3.8) is 0 Å². The molecule has 0 saturated carbocycles. The summed E-state index contributed by atoms with van der Waals surface area (Å²) in [5.41, 5.74) is 0. The minimum Gasteiger partial charge on any atom is -0.462 e. The van der Waals surface area contributed by atoms with Crippen molar-refractivity contribution in [2.24, 2.45) is 0 Å². The zero-order valence-corrected chi connectivity index (χ0v) is 67.8. The van der Waals surface area contributed by atoms with Crippen molar-refractivity contribution in [2.45, 2.75) is 329 Å². The Labute approximate surface area is 642 Å². The summed E-state index contributed by atoms with van der Waals surface area (Å²) in [5, 5.41) is 10.6. The molecule has 604 valence electrons. The highest BCUT2D eigenvalue weighted by atomic mass is 31.2. The van der Waals surface area contributed by atoms with Crippen LogP contribution in [0, 0.1) is 0 Å². The summed E-state index contributed by atoms with van der Waals surface area (Å²) in [7, 11) is -10.0. The molecule has 0 fully saturated rings. The second-order valence-electron chi connectivity index (χ2n) is 26.6. The number of ether oxygens (including phenoxy) is 4. The van der Waals surface area contributed by atoms with Gasteiger partial charge in [0, 0.05) is 25.7 Å². The summed E-state index contributed by atoms with van der Waals surface area (Å²) in [5.74, 6) is -2.38. The summed E-state index contributed by atoms with van der Waals surface area (Å²) in [6, 6.07) is 0. The number of phosphoric ester groups is 2. The lowest BCUT2D eigenvalue weighted by molar-refractivity contribution is -0.161. The molecule has 0 amide bonds. The number of aliphatic hydroxyl groups is 1. The maximum absolute atomic E-state index is 13.1. The predicted molar refractivity (Wildman–Crippen MR) is 436 cm³/mol. The van der Waals surface area contributed by atoms with E-state index in [4.69, 9.17) is 37.0 Å². The molecule has 106 heavy (non-hydrogen) atoms. The van der Waals surface area contributed by atoms with Gasteiger partial charge in [-0.3, -0.25) is 37.3 Å². The predicted octanol–water partition coefficient (Wildman–Crippen LogP) is 24.0. The average Bonchev–Trinajstić information content (AvgIpc) is 0.903. The van der Waals surface area contributed by atoms with Gasteiger partial charge in [0.25, 0.3) is 0 Å². The van der Waals surface area contributed by atoms with E-state index in [0.29, 0.717) is 38.5 Å². The molecule has 0 saturated heterocycles. The second-order valence-corrected chi connectivity index (χ2v) is 29.5. The molecule has 0 aromatic heterocycles. The number of carbonyl (C=O) groups excluding carboxylic acids is 4. The van der Waals surface area contributed by atoms with Crippen LogP contribution in [0.3, 0.4) is 0 Å². The zero-order chi connectivity index (χ0) is 77.4. The van der Waals surface area contributed by atoms with Crippen molar-refractivity contribution in [2.75, 3.05) is 39.6 Å². The van der Waals surface area contributed by atoms with Gasteiger partial charge in [0.2, 0.25) is 0 Å². The lowest BCUT2D eigenvalue weighted by Crippen LogP contribution is -2.30. The first-order valence-electron chi connectivity index (χ1n) is 40.7. The fraction of sp³-hybridized carbons (Fsp3) is 0.655. The molecule has 2 unspecified atom stereocenters. The van der Waals surface area contributed by atoms with Gasteiger partial charge in [0.1, 0.15) is 19.3 Å². The number of carbonyl (C=O) groups is 4. The van der Waals surface area contributed by atoms with Crippen LogP contribution in [-0.4, -0.2) is 96.7 Å². The Hall–Kier alpha value is -5.32. The lowest BCUT2D eigenvalue weighted by Gasteiger charge is -2.21. The van der Waals surface area contributed by atoms with Crippen LogP contribution >= 0.6 is 15.6 Å². The van der Waals surface area contributed by atoms with E-state index in [1.54, 1.807) is 0 Å². The van der Waals surface area contributed by atoms with Crippen LogP contribution in [-0.2, 0) is 65.4 Å². The molecule has 0 radical (unpaired) electrons. The minimum atomic E-state index is -5.02. The minimum absolute atomic E-state index is 0.0152. The summed E-state index contributed by atoms with van der Waals surface area (Å²) >= 11 is 0. The molecule has 17 nitrogen and oxygen atoms in total. The monoisotopic (exact) mass is 1520 g/mol. The Balaban J connectivity index is 5.51. The molecule has 0 rings (SSSR count). The van der Waals surface area contributed by atoms with E-state index in [2.05, 4.69) is 149 Å². The number of unbranched alkanes of at least 4 members (excludes halogenated alkanes) is 23. The molecule has 0 aromatic rings. The first-order valence-corrected chi connectivity index (χ1v) is 43.7. The van der Waals surface area contributed by atoms with E-state index in [0.717, 1.165) is 128 Å². The molecule has 0 aliphatic carbocycles. The van der Waals surface area contributed by atoms with Crippen molar-refractivity contribution in [3.05, 3.63) is 158 Å². The normalized spacial score (nSPS) is 14.7. The molecule has 0 bridgehead atoms. The van der Waals surface area contributed by atoms with Gasteiger partial charge in [-0.05, 0) is 128 Å². The molecule has 0 spiro atoms. The highest BCUT2D eigenvalue weighted by molar-refractivity contribution is 7.47. The number of phosphoric acid groups is 2. The fourth-order valence-corrected chi connectivity index (χ4v) is 12.0. The van der Waals surface area contributed by atoms with E-state index in [9.17, 15) is 43.2 Å². The number of hydrogen-bond acceptors (Lipinski definition) is 15. The lowest BCUT2D eigenvalue weighted by atomic mass is 10.0. The third kappa shape index (κ3) is 76.9. The maximum atomic E-state index is 13.1. The van der Waals surface area contributed by atoms with Crippen LogP contribution in [0.25, 0.3) is 0 Å². The Morgan fingerprint density at radius 2 is 0.509 bits per heavy atom. The van der Waals surface area contributed by atoms with Crippen molar-refractivity contribution in [3.8, 4) is 0 Å². The van der Waals surface area contributed by atoms with E-state index < -0.39 is 97.5 Å². The van der Waals surface area contributed by atoms with Gasteiger partial charge >= 0.3 is 39.5 Å². The average molecular weight is 1520 g/mol. The standard InChI is InChI=1S/C87H144O17P2/c1-5-9-13-17-21-25-29-33-36-38-40-42-45-49-52-56-60-64-68-72-85(90)98-78-83(104-87(92)74-70-66-62-58-54-50-46-43-41-39-37-34-30-26-22-18-14-10-6-2)80-102-106(95,96)100-76-81(88)75-99-105(93,94)101-79-82(103-86(91)73-69-65-61-57-53-47-32-28-24-20-16-12-8-4)77-97-84(89)71-67-63-59-55-51-48-44-35-31-27-23-19-15-11-7-3/h9-10,13-14,21-22,25-27,31,33-34,36-37,40-43,49-50,52,54,60,62,64,66,81-83,88H,5-8,11-12,15-20,23-24,28-30,32,35,38-39,44-48,51,53,55-59,61,63,65,67-80H2,1-4H3,(H,93,94)(H,95,96)/b13-9-,14-10-,25-21-,26-22-,31-27-,36-33-,37-34-,42-40-,43-41-,52-49-,54-50-,64-60-,66-62-/t81-,82+,83+/m0/s1. The van der Waals surface area contributed by atoms with E-state index in [-0.39, 0.29) is 25.7 Å². The maximum Gasteiger partial charge on any atom is 0.472 e. The number of hydrogen-bond donors (Lipinski definition) is 3. The molecule has 0 aromatic carbocycles. The number of allylic oxidation sites excluding steroid dienone is 26. The van der Waals surface area contributed by atoms with Crippen molar-refractivity contribution in [1.82, 2.24) is 0 Å². The highest BCUT2D eigenvalue weighted by Gasteiger charge is 2.30. The smallest absolute Gasteiger partial charge is 0.462 e. The summed E-state index contributed by atoms with van der Waals surface area (Å²) < 4.78 is 68.5. The molecule has 0 aliphatic heterocycles. The summed E-state index contributed by atoms with van der Waals surface area (Å²) in [4.78, 5) is 73.0. The Morgan fingerprint density at radius 3 is 0.840 bits per heavy atom. The molecule has 0 heterocycles. The molecule has 19 heteroatoms. The summed E-state index contributed by atoms with van der Waals surface area (Å²) in [6.07, 6.45) is 91.1. The molecular formula is C87H144O17P2. The Bertz CT molecular complexity index is 2630. The topological polar surface area (TPSA) is 237 Å². The van der Waals surface area contributed by atoms with Crippen LogP contribution in [0.4, 0.5) is 0 Å². The third-order valence-corrected chi connectivity index (χ3v) is 18.4. The SMILES string of the molecule is CC/C=C\C/C=C\C/C=C\C/C=C\C/C=C\C/C=C\CCC(=O)OC[C@H](COP(=O)(O)OC[C@@H](O)COP(=O)(O)OC[C@@H](COC(=O)CCCCCCCCC/C=C\CCCCCC)OC(=O)CCCCCCCCCCCCCCC)OC(=O)CC/C=C\C/C=C\C/C=C\C/C=C\C/C=C\C/C=C\CC. The first kappa shape index (κ1) is 101. The van der Waals surface area contributed by atoms with E-state index in [1.807, 2.05) is 36.5 Å². The van der Waals surface area contributed by atoms with Gasteiger partial charge in [0.05, 0.1) is 26.4 Å². The van der Waals surface area contributed by atoms with Gasteiger partial charge in [-0.15, -0.1) is 0 Å². The molecular weight excluding hydrogens is 1380 g/mol. The Kier molecular flexibility index (Phi) is 73.9. The van der Waals surface area contributed by atoms with Crippen LogP contribution in [0.5, 0.6) is 0 Å². The summed E-state index contributed by atoms with van der Waals surface area (Å²) in [6.45, 7) is 4.47. The second kappa shape index (κ2) is 77.8. The first-order chi connectivity index (χ1) is 51.7. The zero-order valence-electron chi connectivity index (χ0n) is 66.1. The number of rotatable bonds is 75. The van der Waals surface area contributed by atoms with Crippen molar-refractivity contribution in [1.29, 1.82) is 0 Å². The molecule has 5 atom stereocenters. The fourth-order valence-electron chi connectivity index (χ4n) is 10.4. The van der Waals surface area contributed by atoms with Gasteiger partial charge in [-0.25, -0.2) is 9.13 Å². The number of aliphatic hydroxyl groups excluding tert-OH is 1. The van der Waals surface area contributed by atoms with Crippen LogP contribution in [0.1, 0.15) is 310 Å². The van der Waals surface area contributed by atoms with Gasteiger partial charge in [-0.2, -0.15) is 0 Å².